The van der Waals surface area contributed by atoms with E-state index >= 15 is 0 Å². The Balaban J connectivity index is 1.86. The molecule has 188 valence electrons. The summed E-state index contributed by atoms with van der Waals surface area (Å²) in [6.45, 7) is 0.00441. The largest absolute Gasteiger partial charge is 0.466 e. The number of hydrogen-bond donors (Lipinski definition) is 1. The Kier molecular flexibility index (Phi) is 5.99. The first kappa shape index (κ1) is 24.2. The minimum Gasteiger partial charge on any atom is -0.466 e. The lowest BCUT2D eigenvalue weighted by Crippen LogP contribution is -2.45. The zero-order valence-corrected chi connectivity index (χ0v) is 20.0. The highest BCUT2D eigenvalue weighted by atomic mass is 19.1. The number of rotatable bonds is 5. The van der Waals surface area contributed by atoms with Crippen LogP contribution in [0.25, 0.3) is 0 Å². The summed E-state index contributed by atoms with van der Waals surface area (Å²) in [5.74, 6) is -3.23. The van der Waals surface area contributed by atoms with Crippen LogP contribution < -0.4 is 5.32 Å². The van der Waals surface area contributed by atoms with Crippen LogP contribution in [-0.4, -0.2) is 37.0 Å². The summed E-state index contributed by atoms with van der Waals surface area (Å²) in [5.41, 5.74) is -0.101. The van der Waals surface area contributed by atoms with E-state index in [-0.39, 0.29) is 17.8 Å². The fraction of sp³-hybridized carbons (Fsp3) is 0.179. The van der Waals surface area contributed by atoms with Crippen molar-refractivity contribution in [1.29, 1.82) is 0 Å². The van der Waals surface area contributed by atoms with Gasteiger partial charge in [-0.2, -0.15) is 0 Å². The van der Waals surface area contributed by atoms with Crippen LogP contribution in [0.4, 0.5) is 14.5 Å². The average Bonchev–Trinajstić information content (AvgIpc) is 3.37. The van der Waals surface area contributed by atoms with E-state index in [0.717, 1.165) is 7.11 Å². The Labute approximate surface area is 211 Å². The Morgan fingerprint density at radius 3 is 2.11 bits per heavy atom. The molecule has 1 spiro atoms. The number of amides is 1. The molecule has 37 heavy (non-hydrogen) atoms. The van der Waals surface area contributed by atoms with Gasteiger partial charge in [-0.3, -0.25) is 4.79 Å². The van der Waals surface area contributed by atoms with Gasteiger partial charge in [-0.1, -0.05) is 42.5 Å². The molecule has 0 bridgehead atoms. The third kappa shape index (κ3) is 3.66. The van der Waals surface area contributed by atoms with E-state index in [1.54, 1.807) is 29.2 Å². The van der Waals surface area contributed by atoms with Gasteiger partial charge in [0.2, 0.25) is 5.91 Å². The van der Waals surface area contributed by atoms with Crippen molar-refractivity contribution in [3.8, 4) is 0 Å². The number of benzene rings is 3. The van der Waals surface area contributed by atoms with Crippen molar-refractivity contribution in [2.24, 2.45) is 0 Å². The smallest absolute Gasteiger partial charge is 0.354 e. The lowest BCUT2D eigenvalue weighted by Gasteiger charge is -2.37. The van der Waals surface area contributed by atoms with Gasteiger partial charge in [0.1, 0.15) is 22.7 Å². The molecular weight excluding hydrogens is 482 g/mol. The highest BCUT2D eigenvalue weighted by Gasteiger charge is 2.66. The van der Waals surface area contributed by atoms with Gasteiger partial charge in [0.05, 0.1) is 25.8 Å². The van der Waals surface area contributed by atoms with Crippen molar-refractivity contribution in [1.82, 2.24) is 4.90 Å². The summed E-state index contributed by atoms with van der Waals surface area (Å²) in [7, 11) is 2.33. The third-order valence-corrected chi connectivity index (χ3v) is 6.82. The van der Waals surface area contributed by atoms with Crippen LogP contribution in [-0.2, 0) is 35.8 Å². The molecule has 0 aliphatic carbocycles. The van der Waals surface area contributed by atoms with Crippen molar-refractivity contribution in [3.05, 3.63) is 112 Å². The van der Waals surface area contributed by atoms with E-state index in [2.05, 4.69) is 5.32 Å². The minimum atomic E-state index is -1.73. The molecule has 0 saturated carbocycles. The molecule has 0 saturated heterocycles. The SMILES string of the molecule is COC(=O)C1=C(C(=O)OC)C2(C(=O)Nc3ccccc32)C(c2ccc(F)cc2)N1Cc1ccc(F)cc1. The molecule has 7 nitrogen and oxygen atoms in total. The number of halogens is 2. The first-order chi connectivity index (χ1) is 17.8. The number of nitrogens with zero attached hydrogens (tertiary/aromatic N) is 1. The summed E-state index contributed by atoms with van der Waals surface area (Å²) in [5, 5.41) is 2.84. The maximum atomic E-state index is 14.0. The van der Waals surface area contributed by atoms with Gasteiger partial charge in [0.15, 0.2) is 0 Å². The van der Waals surface area contributed by atoms with Gasteiger partial charge in [-0.15, -0.1) is 0 Å². The number of methoxy groups -OCH3 is 2. The molecule has 2 atom stereocenters. The van der Waals surface area contributed by atoms with Crippen LogP contribution in [0.2, 0.25) is 0 Å². The van der Waals surface area contributed by atoms with Crippen LogP contribution in [0.15, 0.2) is 84.1 Å². The topological polar surface area (TPSA) is 84.9 Å². The fourth-order valence-corrected chi connectivity index (χ4v) is 5.34. The van der Waals surface area contributed by atoms with Crippen LogP contribution in [0, 0.1) is 11.6 Å². The number of hydrogen-bond acceptors (Lipinski definition) is 6. The second-order valence-corrected chi connectivity index (χ2v) is 8.72. The molecule has 5 rings (SSSR count). The van der Waals surface area contributed by atoms with Crippen LogP contribution >= 0.6 is 0 Å². The predicted molar refractivity (Wildman–Crippen MR) is 129 cm³/mol. The molecule has 0 fully saturated rings. The van der Waals surface area contributed by atoms with E-state index in [1.165, 1.54) is 55.6 Å². The Bertz CT molecular complexity index is 1440. The number of para-hydroxylation sites is 1. The molecule has 2 aliphatic heterocycles. The number of carbonyl (C=O) groups is 3. The minimum absolute atomic E-state index is 0.00441. The van der Waals surface area contributed by atoms with Gasteiger partial charge in [-0.05, 0) is 47.0 Å². The van der Waals surface area contributed by atoms with Gasteiger partial charge < -0.3 is 19.7 Å². The molecule has 3 aromatic rings. The van der Waals surface area contributed by atoms with Crippen LogP contribution in [0.1, 0.15) is 22.7 Å². The molecule has 1 amide bonds. The summed E-state index contributed by atoms with van der Waals surface area (Å²) >= 11 is 0. The number of fused-ring (bicyclic) bond motifs is 2. The second kappa shape index (κ2) is 9.16. The quantitative estimate of drug-likeness (QED) is 0.529. The van der Waals surface area contributed by atoms with Gasteiger partial charge >= 0.3 is 11.9 Å². The lowest BCUT2D eigenvalue weighted by atomic mass is 9.69. The zero-order chi connectivity index (χ0) is 26.3. The van der Waals surface area contributed by atoms with Crippen molar-refractivity contribution >= 4 is 23.5 Å². The predicted octanol–water partition coefficient (Wildman–Crippen LogP) is 4.01. The Morgan fingerprint density at radius 2 is 1.49 bits per heavy atom. The average molecular weight is 504 g/mol. The van der Waals surface area contributed by atoms with Crippen molar-refractivity contribution < 1.29 is 32.6 Å². The molecule has 2 unspecified atom stereocenters. The number of carbonyl (C=O) groups excluding carboxylic acids is 3. The summed E-state index contributed by atoms with van der Waals surface area (Å²) in [4.78, 5) is 42.3. The van der Waals surface area contributed by atoms with E-state index in [1.807, 2.05) is 0 Å². The number of esters is 2. The number of ether oxygens (including phenoxy) is 2. The third-order valence-electron chi connectivity index (χ3n) is 6.82. The highest BCUT2D eigenvalue weighted by Crippen LogP contribution is 2.59. The normalized spacial score (nSPS) is 20.2. The van der Waals surface area contributed by atoms with Crippen molar-refractivity contribution in [2.45, 2.75) is 18.0 Å². The maximum Gasteiger partial charge on any atom is 0.354 e. The van der Waals surface area contributed by atoms with Gasteiger partial charge in [-0.25, -0.2) is 18.4 Å². The highest BCUT2D eigenvalue weighted by molar-refractivity contribution is 6.18. The first-order valence-corrected chi connectivity index (χ1v) is 11.4. The van der Waals surface area contributed by atoms with Gasteiger partial charge in [0.25, 0.3) is 0 Å². The van der Waals surface area contributed by atoms with E-state index in [4.69, 9.17) is 9.47 Å². The van der Waals surface area contributed by atoms with Gasteiger partial charge in [0, 0.05) is 12.2 Å². The van der Waals surface area contributed by atoms with Crippen molar-refractivity contribution in [3.63, 3.8) is 0 Å². The number of nitrogens with one attached hydrogen (secondary N) is 1. The molecule has 9 heteroatoms. The first-order valence-electron chi connectivity index (χ1n) is 11.4. The fourth-order valence-electron chi connectivity index (χ4n) is 5.34. The van der Waals surface area contributed by atoms with E-state index in [9.17, 15) is 23.2 Å². The Morgan fingerprint density at radius 1 is 0.892 bits per heavy atom. The lowest BCUT2D eigenvalue weighted by molar-refractivity contribution is -0.140. The van der Waals surface area contributed by atoms with E-state index in [0.29, 0.717) is 22.4 Å². The van der Waals surface area contributed by atoms with Crippen LogP contribution in [0.5, 0.6) is 0 Å². The molecule has 0 radical (unpaired) electrons. The monoisotopic (exact) mass is 504 g/mol. The molecular formula is C28H22F2N2O5. The van der Waals surface area contributed by atoms with Crippen LogP contribution in [0.3, 0.4) is 0 Å². The number of anilines is 1. The van der Waals surface area contributed by atoms with Crippen molar-refractivity contribution in [2.75, 3.05) is 19.5 Å². The molecule has 2 heterocycles. The molecule has 1 N–H and O–H groups in total. The maximum absolute atomic E-state index is 14.0. The second-order valence-electron chi connectivity index (χ2n) is 8.72. The summed E-state index contributed by atoms with van der Waals surface area (Å²) in [6.07, 6.45) is 0. The summed E-state index contributed by atoms with van der Waals surface area (Å²) in [6, 6.07) is 17.0. The van der Waals surface area contributed by atoms with E-state index < -0.39 is 40.9 Å². The molecule has 3 aromatic carbocycles. The molecule has 2 aliphatic rings. The standard InChI is InChI=1S/C28H22F2N2O5/c1-36-25(33)22-23(26(34)37-2)32(15-16-7-11-18(29)12-8-16)24(17-9-13-19(30)14-10-17)28(22)20-5-3-4-6-21(20)31-27(28)35/h3-14,24H,15H2,1-2H3,(H,31,35). The summed E-state index contributed by atoms with van der Waals surface area (Å²) < 4.78 is 37.8. The Hall–Kier alpha value is -4.53. The zero-order valence-electron chi connectivity index (χ0n) is 20.0. The molecule has 0 aromatic heterocycles.